The zero-order chi connectivity index (χ0) is 9.52. The number of hydrogen-bond donors (Lipinski definition) is 1. The second-order valence-corrected chi connectivity index (χ2v) is 2.28. The summed E-state index contributed by atoms with van der Waals surface area (Å²) in [5.41, 5.74) is 5.65. The Balaban J connectivity index is 2.37. The van der Waals surface area contributed by atoms with E-state index in [4.69, 9.17) is 5.73 Å². The molecule has 0 aliphatic rings. The fraction of sp³-hybridized carbons (Fsp3) is 0.100. The van der Waals surface area contributed by atoms with E-state index in [1.807, 2.05) is 12.1 Å². The highest BCUT2D eigenvalue weighted by Gasteiger charge is 1.87. The van der Waals surface area contributed by atoms with Crippen LogP contribution >= 0.6 is 0 Å². The molecule has 1 aromatic rings. The standard InChI is InChI=1S/C10H9NO2/c11-10(12)13-8-4-7-9-5-2-1-3-6-9/h1-2,4-5,7H,8H2,(H2,11,12)/b7-4+. The maximum absolute atomic E-state index is 10.2. The van der Waals surface area contributed by atoms with Gasteiger partial charge in [-0.1, -0.05) is 18.2 Å². The Hall–Kier alpha value is -1.95. The van der Waals surface area contributed by atoms with Gasteiger partial charge in [0.2, 0.25) is 0 Å². The monoisotopic (exact) mass is 175 g/mol. The number of nitrogens with two attached hydrogens (primary N) is 1. The van der Waals surface area contributed by atoms with Crippen LogP contribution in [0.1, 0.15) is 5.56 Å². The van der Waals surface area contributed by atoms with E-state index >= 15 is 0 Å². The lowest BCUT2D eigenvalue weighted by Gasteiger charge is -1.93. The fourth-order valence-corrected chi connectivity index (χ4v) is 0.769. The normalized spacial score (nSPS) is 9.54. The molecule has 0 heterocycles. The molecule has 2 N–H and O–H groups in total. The first-order chi connectivity index (χ1) is 6.29. The van der Waals surface area contributed by atoms with Crippen LogP contribution in [0.2, 0.25) is 0 Å². The van der Waals surface area contributed by atoms with Gasteiger partial charge in [0.15, 0.2) is 0 Å². The quantitative estimate of drug-likeness (QED) is 0.754. The van der Waals surface area contributed by atoms with Crippen molar-refractivity contribution < 1.29 is 9.53 Å². The summed E-state index contributed by atoms with van der Waals surface area (Å²) in [6, 6.07) is 11.2. The van der Waals surface area contributed by atoms with E-state index in [0.717, 1.165) is 5.56 Å². The van der Waals surface area contributed by atoms with E-state index in [1.54, 1.807) is 18.2 Å². The molecule has 66 valence electrons. The topological polar surface area (TPSA) is 52.3 Å². The number of hydrogen-bond acceptors (Lipinski definition) is 2. The summed E-state index contributed by atoms with van der Waals surface area (Å²) in [6.45, 7) is 0.179. The molecule has 0 fully saturated rings. The van der Waals surface area contributed by atoms with Crippen molar-refractivity contribution in [3.05, 3.63) is 42.0 Å². The number of ether oxygens (including phenoxy) is 1. The molecule has 0 saturated heterocycles. The molecule has 3 heteroatoms. The van der Waals surface area contributed by atoms with Gasteiger partial charge in [0.1, 0.15) is 6.61 Å². The summed E-state index contributed by atoms with van der Waals surface area (Å²) in [4.78, 5) is 10.2. The molecule has 0 saturated carbocycles. The summed E-state index contributed by atoms with van der Waals surface area (Å²) >= 11 is 0. The van der Waals surface area contributed by atoms with Crippen molar-refractivity contribution in [2.45, 2.75) is 0 Å². The summed E-state index contributed by atoms with van der Waals surface area (Å²) in [5, 5.41) is 0. The van der Waals surface area contributed by atoms with Gasteiger partial charge in [-0.15, -0.1) is 0 Å². The molecular formula is C10H9NO2. The lowest BCUT2D eigenvalue weighted by atomic mass is 10.2. The third kappa shape index (κ3) is 3.82. The van der Waals surface area contributed by atoms with Gasteiger partial charge >= 0.3 is 6.09 Å². The number of carbonyl (C=O) groups is 1. The van der Waals surface area contributed by atoms with Crippen molar-refractivity contribution in [1.29, 1.82) is 0 Å². The van der Waals surface area contributed by atoms with Crippen molar-refractivity contribution in [3.63, 3.8) is 0 Å². The van der Waals surface area contributed by atoms with Crippen LogP contribution in [0.15, 0.2) is 24.3 Å². The molecule has 0 aliphatic carbocycles. The van der Waals surface area contributed by atoms with Gasteiger partial charge < -0.3 is 10.5 Å². The Morgan fingerprint density at radius 1 is 1.69 bits per heavy atom. The van der Waals surface area contributed by atoms with E-state index in [0.29, 0.717) is 0 Å². The summed E-state index contributed by atoms with van der Waals surface area (Å²) in [7, 11) is 0. The molecule has 0 spiro atoms. The lowest BCUT2D eigenvalue weighted by Crippen LogP contribution is -2.12. The van der Waals surface area contributed by atoms with E-state index < -0.39 is 6.09 Å². The molecule has 3 nitrogen and oxygen atoms in total. The second kappa shape index (κ2) is 4.83. The maximum Gasteiger partial charge on any atom is 0.404 e. The van der Waals surface area contributed by atoms with Crippen LogP contribution in [0.3, 0.4) is 0 Å². The molecule has 1 aromatic carbocycles. The maximum atomic E-state index is 10.2. The SMILES string of the molecule is NC(=O)OC/C=C/c1c#cccc1. The molecule has 0 atom stereocenters. The minimum Gasteiger partial charge on any atom is -0.445 e. The Labute approximate surface area is 76.8 Å². The summed E-state index contributed by atoms with van der Waals surface area (Å²) in [5.74, 6) is 0. The van der Waals surface area contributed by atoms with Crippen molar-refractivity contribution in [2.75, 3.05) is 6.61 Å². The minimum absolute atomic E-state index is 0.179. The molecule has 0 aromatic heterocycles. The fourth-order valence-electron chi connectivity index (χ4n) is 0.769. The van der Waals surface area contributed by atoms with Gasteiger partial charge in [0.25, 0.3) is 0 Å². The number of carbonyl (C=O) groups excluding carboxylic acids is 1. The zero-order valence-electron chi connectivity index (χ0n) is 6.99. The van der Waals surface area contributed by atoms with Gasteiger partial charge in [-0.2, -0.15) is 0 Å². The van der Waals surface area contributed by atoms with Crippen LogP contribution in [-0.4, -0.2) is 12.7 Å². The van der Waals surface area contributed by atoms with Crippen molar-refractivity contribution in [3.8, 4) is 0 Å². The highest BCUT2D eigenvalue weighted by atomic mass is 16.5. The Kier molecular flexibility index (Phi) is 3.40. The van der Waals surface area contributed by atoms with Crippen LogP contribution < -0.4 is 5.73 Å². The van der Waals surface area contributed by atoms with Crippen LogP contribution in [0, 0.1) is 12.1 Å². The molecule has 1 rings (SSSR count). The zero-order valence-corrected chi connectivity index (χ0v) is 6.99. The van der Waals surface area contributed by atoms with Gasteiger partial charge in [0, 0.05) is 5.56 Å². The number of amides is 1. The molecule has 13 heavy (non-hydrogen) atoms. The summed E-state index contributed by atoms with van der Waals surface area (Å²) in [6.07, 6.45) is 2.69. The van der Waals surface area contributed by atoms with Gasteiger partial charge in [-0.25, -0.2) is 4.79 Å². The van der Waals surface area contributed by atoms with Crippen molar-refractivity contribution in [2.24, 2.45) is 5.73 Å². The predicted octanol–water partition coefficient (Wildman–Crippen LogP) is 1.40. The third-order valence-corrected chi connectivity index (χ3v) is 1.29. The Morgan fingerprint density at radius 2 is 2.54 bits per heavy atom. The average molecular weight is 175 g/mol. The predicted molar refractivity (Wildman–Crippen MR) is 48.7 cm³/mol. The Bertz CT molecular complexity index is 293. The Morgan fingerprint density at radius 3 is 3.15 bits per heavy atom. The highest BCUT2D eigenvalue weighted by Crippen LogP contribution is 1.95. The number of rotatable bonds is 3. The minimum atomic E-state index is -0.770. The highest BCUT2D eigenvalue weighted by molar-refractivity contribution is 5.64. The van der Waals surface area contributed by atoms with Crippen LogP contribution in [-0.2, 0) is 4.74 Å². The van der Waals surface area contributed by atoms with Gasteiger partial charge in [0.05, 0.1) is 0 Å². The molecular weight excluding hydrogens is 166 g/mol. The lowest BCUT2D eigenvalue weighted by molar-refractivity contribution is 0.169. The van der Waals surface area contributed by atoms with Crippen molar-refractivity contribution in [1.82, 2.24) is 0 Å². The van der Waals surface area contributed by atoms with E-state index in [-0.39, 0.29) is 6.61 Å². The van der Waals surface area contributed by atoms with Crippen LogP contribution in [0.25, 0.3) is 6.08 Å². The molecule has 0 radical (unpaired) electrons. The molecule has 0 unspecified atom stereocenters. The van der Waals surface area contributed by atoms with Crippen LogP contribution in [0.5, 0.6) is 0 Å². The smallest absolute Gasteiger partial charge is 0.404 e. The first-order valence-electron chi connectivity index (χ1n) is 3.76. The second-order valence-electron chi connectivity index (χ2n) is 2.28. The molecule has 1 amide bonds. The van der Waals surface area contributed by atoms with Gasteiger partial charge in [-0.05, 0) is 24.3 Å². The number of primary amides is 1. The van der Waals surface area contributed by atoms with Crippen LogP contribution in [0.4, 0.5) is 4.79 Å². The van der Waals surface area contributed by atoms with E-state index in [9.17, 15) is 4.79 Å². The molecule has 0 aliphatic heterocycles. The largest absolute Gasteiger partial charge is 0.445 e. The van der Waals surface area contributed by atoms with Crippen molar-refractivity contribution >= 4 is 12.2 Å². The van der Waals surface area contributed by atoms with E-state index in [2.05, 4.69) is 16.9 Å². The van der Waals surface area contributed by atoms with E-state index in [1.165, 1.54) is 0 Å². The summed E-state index contributed by atoms with van der Waals surface area (Å²) < 4.78 is 4.49. The first kappa shape index (κ1) is 9.14. The average Bonchev–Trinajstić information content (AvgIpc) is 2.14. The first-order valence-corrected chi connectivity index (χ1v) is 3.76. The van der Waals surface area contributed by atoms with Gasteiger partial charge in [-0.3, -0.25) is 0 Å². The third-order valence-electron chi connectivity index (χ3n) is 1.29. The molecule has 0 bridgehead atoms.